The van der Waals surface area contributed by atoms with Gasteiger partial charge in [0.15, 0.2) is 0 Å². The summed E-state index contributed by atoms with van der Waals surface area (Å²) >= 11 is 0. The monoisotopic (exact) mass is 410 g/mol. The number of imide groups is 1. The van der Waals surface area contributed by atoms with Crippen LogP contribution in [0, 0.1) is 23.7 Å². The number of hydrogen-bond donors (Lipinski definition) is 0. The molecule has 4 rings (SSSR count). The summed E-state index contributed by atoms with van der Waals surface area (Å²) in [6.07, 6.45) is 4.21. The first kappa shape index (κ1) is 20.6. The van der Waals surface area contributed by atoms with Crippen LogP contribution in [0.25, 0.3) is 0 Å². The van der Waals surface area contributed by atoms with E-state index in [9.17, 15) is 14.4 Å². The van der Waals surface area contributed by atoms with Crippen LogP contribution >= 0.6 is 0 Å². The molecule has 2 fully saturated rings. The number of allylic oxidation sites excluding steroid dienone is 2. The van der Waals surface area contributed by atoms with Crippen molar-refractivity contribution in [1.29, 1.82) is 0 Å². The highest BCUT2D eigenvalue weighted by Gasteiger charge is 2.56. The molecule has 1 aromatic rings. The number of likely N-dealkylation sites (tertiary alicyclic amines) is 1. The number of hydrogen-bond acceptors (Lipinski definition) is 4. The zero-order chi connectivity index (χ0) is 21.6. The summed E-state index contributed by atoms with van der Waals surface area (Å²) in [6.45, 7) is 8.10. The zero-order valence-corrected chi connectivity index (χ0v) is 18.1. The van der Waals surface area contributed by atoms with Crippen LogP contribution in [0.3, 0.4) is 0 Å². The Balaban J connectivity index is 1.70. The van der Waals surface area contributed by atoms with E-state index in [1.807, 2.05) is 52.0 Å². The molecule has 6 heteroatoms. The predicted molar refractivity (Wildman–Crippen MR) is 113 cm³/mol. The average Bonchev–Trinajstić information content (AvgIpc) is 2.81. The molecule has 4 unspecified atom stereocenters. The van der Waals surface area contributed by atoms with Crippen molar-refractivity contribution in [3.63, 3.8) is 0 Å². The molecule has 3 amide bonds. The van der Waals surface area contributed by atoms with E-state index >= 15 is 0 Å². The van der Waals surface area contributed by atoms with Crippen molar-refractivity contribution in [3.8, 4) is 0 Å². The zero-order valence-electron chi connectivity index (χ0n) is 18.1. The molecule has 1 aromatic carbocycles. The fourth-order valence-electron chi connectivity index (χ4n) is 5.09. The lowest BCUT2D eigenvalue weighted by molar-refractivity contribution is -0.123. The van der Waals surface area contributed by atoms with Gasteiger partial charge in [0.2, 0.25) is 11.8 Å². The van der Waals surface area contributed by atoms with Gasteiger partial charge in [-0.25, -0.2) is 4.79 Å². The van der Waals surface area contributed by atoms with Gasteiger partial charge in [-0.15, -0.1) is 0 Å². The van der Waals surface area contributed by atoms with Gasteiger partial charge in [-0.1, -0.05) is 37.6 Å². The van der Waals surface area contributed by atoms with E-state index in [0.29, 0.717) is 12.2 Å². The van der Waals surface area contributed by atoms with Crippen LogP contribution < -0.4 is 4.90 Å². The average molecular weight is 411 g/mol. The predicted octanol–water partition coefficient (Wildman–Crippen LogP) is 4.36. The summed E-state index contributed by atoms with van der Waals surface area (Å²) in [4.78, 5) is 42.8. The van der Waals surface area contributed by atoms with Crippen molar-refractivity contribution in [2.75, 3.05) is 11.4 Å². The van der Waals surface area contributed by atoms with E-state index in [2.05, 4.69) is 0 Å². The molecule has 0 radical (unpaired) electrons. The number of carbonyl (C=O) groups excluding carboxylic acids is 3. The van der Waals surface area contributed by atoms with Crippen LogP contribution in [0.1, 0.15) is 47.0 Å². The van der Waals surface area contributed by atoms with E-state index in [-0.39, 0.29) is 35.7 Å². The molecule has 2 heterocycles. The standard InChI is InChI=1S/C24H30N2O4/c1-15-14-18-17(12-8-9-13-25(18)23(29)30-24(2,3)4)20-19(15)21(27)26(22(20)28)16-10-6-5-7-11-16/h5-7,10-11,14-15,17,19-20H,8-9,12-13H2,1-4H3. The minimum atomic E-state index is -0.592. The minimum absolute atomic E-state index is 0.130. The molecule has 4 atom stereocenters. The molecular formula is C24H30N2O4. The summed E-state index contributed by atoms with van der Waals surface area (Å²) in [5.41, 5.74) is 0.880. The van der Waals surface area contributed by atoms with Gasteiger partial charge in [0.25, 0.3) is 0 Å². The lowest BCUT2D eigenvalue weighted by atomic mass is 9.69. The first-order chi connectivity index (χ1) is 14.2. The number of anilines is 1. The first-order valence-electron chi connectivity index (χ1n) is 10.8. The smallest absolute Gasteiger partial charge is 0.414 e. The maximum absolute atomic E-state index is 13.5. The van der Waals surface area contributed by atoms with Crippen molar-refractivity contribution < 1.29 is 19.1 Å². The molecule has 1 aliphatic carbocycles. The van der Waals surface area contributed by atoms with Crippen LogP contribution in [0.2, 0.25) is 0 Å². The van der Waals surface area contributed by atoms with Crippen LogP contribution in [0.15, 0.2) is 42.1 Å². The summed E-state index contributed by atoms with van der Waals surface area (Å²) < 4.78 is 5.65. The molecule has 0 aromatic heterocycles. The summed E-state index contributed by atoms with van der Waals surface area (Å²) in [5.74, 6) is -1.38. The first-order valence-corrected chi connectivity index (χ1v) is 10.8. The third-order valence-corrected chi connectivity index (χ3v) is 6.30. The number of para-hydroxylation sites is 1. The maximum Gasteiger partial charge on any atom is 0.414 e. The molecule has 0 N–H and O–H groups in total. The largest absolute Gasteiger partial charge is 0.443 e. The van der Waals surface area contributed by atoms with Crippen molar-refractivity contribution in [2.24, 2.45) is 23.7 Å². The highest BCUT2D eigenvalue weighted by atomic mass is 16.6. The number of fused-ring (bicyclic) bond motifs is 3. The van der Waals surface area contributed by atoms with Gasteiger partial charge in [-0.05, 0) is 51.7 Å². The SMILES string of the molecule is CC1C=C2C(CCCCN2C(=O)OC(C)(C)C)C2C(=O)N(c3ccccc3)C(=O)C12. The van der Waals surface area contributed by atoms with E-state index in [0.717, 1.165) is 25.0 Å². The number of nitrogens with zero attached hydrogens (tertiary/aromatic N) is 2. The van der Waals surface area contributed by atoms with Crippen LogP contribution in [-0.4, -0.2) is 35.0 Å². The van der Waals surface area contributed by atoms with Crippen LogP contribution in [-0.2, 0) is 14.3 Å². The normalized spacial score (nSPS) is 29.1. The Hall–Kier alpha value is -2.63. The molecule has 2 aliphatic heterocycles. The van der Waals surface area contributed by atoms with Gasteiger partial charge in [0, 0.05) is 18.2 Å². The van der Waals surface area contributed by atoms with E-state index in [1.54, 1.807) is 17.0 Å². The Morgan fingerprint density at radius 2 is 1.70 bits per heavy atom. The molecule has 30 heavy (non-hydrogen) atoms. The van der Waals surface area contributed by atoms with Gasteiger partial charge in [-0.2, -0.15) is 0 Å². The molecule has 3 aliphatic rings. The number of carbonyl (C=O) groups is 3. The van der Waals surface area contributed by atoms with Crippen molar-refractivity contribution >= 4 is 23.6 Å². The number of amides is 3. The van der Waals surface area contributed by atoms with E-state index in [4.69, 9.17) is 4.74 Å². The topological polar surface area (TPSA) is 66.9 Å². The lowest BCUT2D eigenvalue weighted by Gasteiger charge is -2.38. The van der Waals surface area contributed by atoms with E-state index in [1.165, 1.54) is 4.90 Å². The Kier molecular flexibility index (Phi) is 5.20. The molecular weight excluding hydrogens is 380 g/mol. The molecule has 0 spiro atoms. The van der Waals surface area contributed by atoms with Crippen molar-refractivity contribution in [3.05, 3.63) is 42.1 Å². The highest BCUT2D eigenvalue weighted by molar-refractivity contribution is 6.22. The molecule has 0 saturated carbocycles. The van der Waals surface area contributed by atoms with Crippen molar-refractivity contribution in [1.82, 2.24) is 4.90 Å². The number of rotatable bonds is 1. The molecule has 6 nitrogen and oxygen atoms in total. The number of ether oxygens (including phenoxy) is 1. The summed E-state index contributed by atoms with van der Waals surface area (Å²) in [7, 11) is 0. The Labute approximate surface area is 177 Å². The third-order valence-electron chi connectivity index (χ3n) is 6.30. The van der Waals surface area contributed by atoms with Gasteiger partial charge in [-0.3, -0.25) is 19.4 Å². The molecule has 160 valence electrons. The second-order valence-corrected chi connectivity index (χ2v) is 9.58. The second kappa shape index (κ2) is 7.56. The number of benzene rings is 1. The van der Waals surface area contributed by atoms with Gasteiger partial charge < -0.3 is 4.74 Å². The van der Waals surface area contributed by atoms with E-state index < -0.39 is 11.5 Å². The fourth-order valence-corrected chi connectivity index (χ4v) is 5.09. The van der Waals surface area contributed by atoms with Gasteiger partial charge >= 0.3 is 6.09 Å². The summed E-state index contributed by atoms with van der Waals surface area (Å²) in [6, 6.07) is 9.13. The van der Waals surface area contributed by atoms with Gasteiger partial charge in [0.1, 0.15) is 5.60 Å². The quantitative estimate of drug-likeness (QED) is 0.645. The Morgan fingerprint density at radius 3 is 2.37 bits per heavy atom. The lowest BCUT2D eigenvalue weighted by Crippen LogP contribution is -2.43. The Bertz CT molecular complexity index is 886. The van der Waals surface area contributed by atoms with Crippen LogP contribution in [0.4, 0.5) is 10.5 Å². The van der Waals surface area contributed by atoms with Crippen LogP contribution in [0.5, 0.6) is 0 Å². The highest BCUT2D eigenvalue weighted by Crippen LogP contribution is 2.49. The summed E-state index contributed by atoms with van der Waals surface area (Å²) in [5, 5.41) is 0. The molecule has 2 saturated heterocycles. The second-order valence-electron chi connectivity index (χ2n) is 9.58. The van der Waals surface area contributed by atoms with Crippen molar-refractivity contribution in [2.45, 2.75) is 52.6 Å². The Morgan fingerprint density at radius 1 is 1.03 bits per heavy atom. The van der Waals surface area contributed by atoms with Gasteiger partial charge in [0.05, 0.1) is 17.5 Å². The maximum atomic E-state index is 13.5. The molecule has 0 bridgehead atoms. The minimum Gasteiger partial charge on any atom is -0.443 e. The third kappa shape index (κ3) is 3.53. The fraction of sp³-hybridized carbons (Fsp3) is 0.542.